The van der Waals surface area contributed by atoms with Gasteiger partial charge >= 0.3 is 5.97 Å². The van der Waals surface area contributed by atoms with Crippen LogP contribution in [0.1, 0.15) is 30.6 Å². The summed E-state index contributed by atoms with van der Waals surface area (Å²) in [6.07, 6.45) is 2.36. The van der Waals surface area contributed by atoms with Gasteiger partial charge in [-0.3, -0.25) is 14.6 Å². The number of rotatable bonds is 5. The van der Waals surface area contributed by atoms with Crippen LogP contribution in [-0.2, 0) is 4.79 Å². The van der Waals surface area contributed by atoms with Crippen LogP contribution in [0.15, 0.2) is 36.5 Å². The first-order valence-electron chi connectivity index (χ1n) is 6.91. The number of hydrogen-bond acceptors (Lipinski definition) is 3. The quantitative estimate of drug-likeness (QED) is 0.917. The van der Waals surface area contributed by atoms with E-state index in [0.29, 0.717) is 12.0 Å². The van der Waals surface area contributed by atoms with Gasteiger partial charge in [-0.15, -0.1) is 0 Å². The molecular weight excluding hydrogens is 268 g/mol. The van der Waals surface area contributed by atoms with E-state index in [0.717, 1.165) is 10.9 Å². The van der Waals surface area contributed by atoms with Crippen LogP contribution in [0.2, 0.25) is 0 Å². The van der Waals surface area contributed by atoms with E-state index in [1.165, 1.54) is 4.90 Å². The van der Waals surface area contributed by atoms with Crippen molar-refractivity contribution in [2.45, 2.75) is 26.3 Å². The lowest BCUT2D eigenvalue weighted by atomic mass is 10.1. The van der Waals surface area contributed by atoms with Crippen molar-refractivity contribution in [1.82, 2.24) is 9.88 Å². The van der Waals surface area contributed by atoms with E-state index in [1.807, 2.05) is 26.0 Å². The third-order valence-corrected chi connectivity index (χ3v) is 3.57. The zero-order chi connectivity index (χ0) is 15.4. The maximum Gasteiger partial charge on any atom is 0.323 e. The van der Waals surface area contributed by atoms with E-state index in [2.05, 4.69) is 4.98 Å². The number of aliphatic carboxylic acids is 1. The SMILES string of the molecule is CCC(C)N(CC(=O)O)C(=O)c1cccc2ncccc12. The summed E-state index contributed by atoms with van der Waals surface area (Å²) >= 11 is 0. The fourth-order valence-electron chi connectivity index (χ4n) is 2.24. The summed E-state index contributed by atoms with van der Waals surface area (Å²) in [5, 5.41) is 9.77. The number of carbonyl (C=O) groups excluding carboxylic acids is 1. The van der Waals surface area contributed by atoms with Gasteiger partial charge in [-0.2, -0.15) is 0 Å². The fourth-order valence-corrected chi connectivity index (χ4v) is 2.24. The highest BCUT2D eigenvalue weighted by molar-refractivity contribution is 6.06. The predicted octanol–water partition coefficient (Wildman–Crippen LogP) is 2.56. The Morgan fingerprint density at radius 2 is 2.05 bits per heavy atom. The molecule has 1 N–H and O–H groups in total. The largest absolute Gasteiger partial charge is 0.480 e. The molecule has 0 bridgehead atoms. The van der Waals surface area contributed by atoms with Crippen molar-refractivity contribution >= 4 is 22.8 Å². The molecule has 0 spiro atoms. The first kappa shape index (κ1) is 15.0. The van der Waals surface area contributed by atoms with Gasteiger partial charge in [0.2, 0.25) is 0 Å². The summed E-state index contributed by atoms with van der Waals surface area (Å²) in [6, 6.07) is 8.76. The summed E-state index contributed by atoms with van der Waals surface area (Å²) in [7, 11) is 0. The molecule has 0 aliphatic carbocycles. The molecule has 5 heteroatoms. The third kappa shape index (κ3) is 3.18. The van der Waals surface area contributed by atoms with Gasteiger partial charge in [0.1, 0.15) is 6.54 Å². The molecule has 0 aliphatic heterocycles. The Morgan fingerprint density at radius 3 is 2.71 bits per heavy atom. The number of pyridine rings is 1. The van der Waals surface area contributed by atoms with E-state index in [-0.39, 0.29) is 18.5 Å². The lowest BCUT2D eigenvalue weighted by molar-refractivity contribution is -0.138. The van der Waals surface area contributed by atoms with Crippen LogP contribution in [0.3, 0.4) is 0 Å². The van der Waals surface area contributed by atoms with E-state index in [1.54, 1.807) is 24.4 Å². The Bertz CT molecular complexity index is 664. The highest BCUT2D eigenvalue weighted by Gasteiger charge is 2.24. The first-order valence-corrected chi connectivity index (χ1v) is 6.91. The number of fused-ring (bicyclic) bond motifs is 1. The van der Waals surface area contributed by atoms with Crippen molar-refractivity contribution in [3.8, 4) is 0 Å². The Balaban J connectivity index is 2.45. The van der Waals surface area contributed by atoms with Crippen LogP contribution in [0.25, 0.3) is 10.9 Å². The first-order chi connectivity index (χ1) is 10.0. The number of amides is 1. The molecule has 5 nitrogen and oxygen atoms in total. The van der Waals surface area contributed by atoms with Crippen LogP contribution in [-0.4, -0.2) is 39.5 Å². The van der Waals surface area contributed by atoms with Crippen LogP contribution in [0.5, 0.6) is 0 Å². The van der Waals surface area contributed by atoms with E-state index < -0.39 is 5.97 Å². The van der Waals surface area contributed by atoms with Crippen LogP contribution < -0.4 is 0 Å². The average molecular weight is 286 g/mol. The molecular formula is C16H18N2O3. The molecule has 0 radical (unpaired) electrons. The van der Waals surface area contributed by atoms with Crippen molar-refractivity contribution < 1.29 is 14.7 Å². The molecule has 0 fully saturated rings. The average Bonchev–Trinajstić information content (AvgIpc) is 2.50. The second-order valence-electron chi connectivity index (χ2n) is 4.96. The smallest absolute Gasteiger partial charge is 0.323 e. The summed E-state index contributed by atoms with van der Waals surface area (Å²) in [5.74, 6) is -1.28. The number of carbonyl (C=O) groups is 2. The minimum Gasteiger partial charge on any atom is -0.480 e. The van der Waals surface area contributed by atoms with Crippen LogP contribution in [0, 0.1) is 0 Å². The van der Waals surface area contributed by atoms with Gasteiger partial charge in [-0.1, -0.05) is 19.1 Å². The van der Waals surface area contributed by atoms with Gasteiger partial charge < -0.3 is 10.0 Å². The number of hydrogen-bond donors (Lipinski definition) is 1. The summed E-state index contributed by atoms with van der Waals surface area (Å²) in [5.41, 5.74) is 1.21. The zero-order valence-corrected chi connectivity index (χ0v) is 12.1. The minimum atomic E-state index is -1.01. The molecule has 1 aromatic carbocycles. The van der Waals surface area contributed by atoms with Crippen molar-refractivity contribution in [3.05, 3.63) is 42.1 Å². The summed E-state index contributed by atoms with van der Waals surface area (Å²) in [4.78, 5) is 29.4. The standard InChI is InChI=1S/C16H18N2O3/c1-3-11(2)18(10-15(19)20)16(21)13-6-4-8-14-12(13)7-5-9-17-14/h4-9,11H,3,10H2,1-2H3,(H,19,20). The molecule has 1 heterocycles. The highest BCUT2D eigenvalue weighted by Crippen LogP contribution is 2.19. The second kappa shape index (κ2) is 6.35. The predicted molar refractivity (Wildman–Crippen MR) is 80.2 cm³/mol. The lowest BCUT2D eigenvalue weighted by Gasteiger charge is -2.27. The lowest BCUT2D eigenvalue weighted by Crippen LogP contribution is -2.41. The van der Waals surface area contributed by atoms with E-state index in [4.69, 9.17) is 5.11 Å². The Hall–Kier alpha value is -2.43. The molecule has 21 heavy (non-hydrogen) atoms. The molecule has 1 amide bonds. The normalized spacial score (nSPS) is 12.1. The van der Waals surface area contributed by atoms with Crippen LogP contribution >= 0.6 is 0 Å². The third-order valence-electron chi connectivity index (χ3n) is 3.57. The molecule has 0 aliphatic rings. The topological polar surface area (TPSA) is 70.5 Å². The van der Waals surface area contributed by atoms with Gasteiger partial charge in [0.25, 0.3) is 5.91 Å². The van der Waals surface area contributed by atoms with Gasteiger partial charge in [0.05, 0.1) is 5.52 Å². The molecule has 1 aromatic heterocycles. The zero-order valence-electron chi connectivity index (χ0n) is 12.1. The van der Waals surface area contributed by atoms with Crippen LogP contribution in [0.4, 0.5) is 0 Å². The minimum absolute atomic E-state index is 0.138. The molecule has 2 rings (SSSR count). The van der Waals surface area contributed by atoms with Gasteiger partial charge in [-0.05, 0) is 31.5 Å². The number of aromatic nitrogens is 1. The van der Waals surface area contributed by atoms with Gasteiger partial charge in [0, 0.05) is 23.2 Å². The molecule has 110 valence electrons. The molecule has 1 atom stereocenters. The Morgan fingerprint density at radius 1 is 1.29 bits per heavy atom. The molecule has 0 saturated heterocycles. The molecule has 0 saturated carbocycles. The monoisotopic (exact) mass is 286 g/mol. The van der Waals surface area contributed by atoms with E-state index >= 15 is 0 Å². The van der Waals surface area contributed by atoms with Crippen molar-refractivity contribution in [2.75, 3.05) is 6.54 Å². The summed E-state index contributed by atoms with van der Waals surface area (Å²) in [6.45, 7) is 3.48. The van der Waals surface area contributed by atoms with Crippen molar-refractivity contribution in [2.24, 2.45) is 0 Å². The van der Waals surface area contributed by atoms with Crippen molar-refractivity contribution in [3.63, 3.8) is 0 Å². The maximum atomic E-state index is 12.7. The fraction of sp³-hybridized carbons (Fsp3) is 0.312. The highest BCUT2D eigenvalue weighted by atomic mass is 16.4. The van der Waals surface area contributed by atoms with Gasteiger partial charge in [-0.25, -0.2) is 0 Å². The number of nitrogens with zero attached hydrogens (tertiary/aromatic N) is 2. The number of carboxylic acids is 1. The van der Waals surface area contributed by atoms with Crippen molar-refractivity contribution in [1.29, 1.82) is 0 Å². The Labute approximate surface area is 123 Å². The number of benzene rings is 1. The number of carboxylic acid groups (broad SMARTS) is 1. The summed E-state index contributed by atoms with van der Waals surface area (Å²) < 4.78 is 0. The molecule has 2 aromatic rings. The maximum absolute atomic E-state index is 12.7. The molecule has 1 unspecified atom stereocenters. The second-order valence-corrected chi connectivity index (χ2v) is 4.96. The van der Waals surface area contributed by atoms with E-state index in [9.17, 15) is 9.59 Å². The Kier molecular flexibility index (Phi) is 4.52. The van der Waals surface area contributed by atoms with Gasteiger partial charge in [0.15, 0.2) is 0 Å².